The van der Waals surface area contributed by atoms with Crippen molar-refractivity contribution in [3.8, 4) is 16.9 Å². The van der Waals surface area contributed by atoms with Crippen LogP contribution in [0.3, 0.4) is 0 Å². The summed E-state index contributed by atoms with van der Waals surface area (Å²) in [6.07, 6.45) is 5.71. The van der Waals surface area contributed by atoms with E-state index in [1.807, 2.05) is 42.0 Å². The minimum atomic E-state index is -0.533. The van der Waals surface area contributed by atoms with Crippen LogP contribution in [-0.2, 0) is 0 Å². The maximum Gasteiger partial charge on any atom is 0.178 e. The summed E-state index contributed by atoms with van der Waals surface area (Å²) in [5.41, 5.74) is 9.51. The number of rotatable bonds is 4. The Balaban J connectivity index is 1.56. The summed E-state index contributed by atoms with van der Waals surface area (Å²) in [5.74, 6) is 1.57. The molecule has 4 aromatic heterocycles. The molecule has 1 unspecified atom stereocenters. The van der Waals surface area contributed by atoms with E-state index in [2.05, 4.69) is 25.2 Å². The zero-order valence-electron chi connectivity index (χ0n) is 16.1. The van der Waals surface area contributed by atoms with E-state index < -0.39 is 6.10 Å². The van der Waals surface area contributed by atoms with Gasteiger partial charge in [-0.2, -0.15) is 5.10 Å². The summed E-state index contributed by atoms with van der Waals surface area (Å²) in [6.45, 7) is 3.81. The van der Waals surface area contributed by atoms with Gasteiger partial charge in [0.25, 0.3) is 0 Å². The van der Waals surface area contributed by atoms with Crippen LogP contribution in [0.5, 0.6) is 5.75 Å². The lowest BCUT2D eigenvalue weighted by Gasteiger charge is -2.34. The highest BCUT2D eigenvalue weighted by atomic mass is 16.5. The number of piperidine rings is 1. The molecule has 4 aromatic rings. The molecule has 29 heavy (non-hydrogen) atoms. The van der Waals surface area contributed by atoms with Gasteiger partial charge in [0.05, 0.1) is 36.0 Å². The van der Waals surface area contributed by atoms with Crippen molar-refractivity contribution < 1.29 is 9.84 Å². The average Bonchev–Trinajstić information content (AvgIpc) is 3.31. The molecule has 0 aromatic carbocycles. The second-order valence-corrected chi connectivity index (χ2v) is 7.32. The number of aliphatic hydroxyl groups is 1. The second kappa shape index (κ2) is 7.02. The van der Waals surface area contributed by atoms with Crippen LogP contribution in [-0.4, -0.2) is 61.7 Å². The van der Waals surface area contributed by atoms with Crippen molar-refractivity contribution in [1.82, 2.24) is 24.8 Å². The Morgan fingerprint density at radius 3 is 3.00 bits per heavy atom. The minimum absolute atomic E-state index is 0.167. The van der Waals surface area contributed by atoms with Crippen molar-refractivity contribution in [3.63, 3.8) is 0 Å². The first-order valence-corrected chi connectivity index (χ1v) is 9.77. The van der Waals surface area contributed by atoms with Crippen molar-refractivity contribution in [1.29, 1.82) is 0 Å². The summed E-state index contributed by atoms with van der Waals surface area (Å²) in [7, 11) is 0. The number of nitrogens with two attached hydrogens (primary N) is 1. The summed E-state index contributed by atoms with van der Waals surface area (Å²) < 4.78 is 7.55. The lowest BCUT2D eigenvalue weighted by atomic mass is 10.0. The number of hydrogen-bond acceptors (Lipinski definition) is 7. The van der Waals surface area contributed by atoms with Gasteiger partial charge in [-0.25, -0.2) is 9.50 Å². The summed E-state index contributed by atoms with van der Waals surface area (Å²) in [6, 6.07) is 5.85. The third-order valence-electron chi connectivity index (χ3n) is 5.43. The highest BCUT2D eigenvalue weighted by Crippen LogP contribution is 2.33. The van der Waals surface area contributed by atoms with E-state index in [0.717, 1.165) is 52.2 Å². The van der Waals surface area contributed by atoms with Crippen LogP contribution in [0.1, 0.15) is 13.3 Å². The molecule has 0 radical (unpaired) electrons. The first-order valence-electron chi connectivity index (χ1n) is 9.77. The van der Waals surface area contributed by atoms with Gasteiger partial charge in [-0.3, -0.25) is 5.10 Å². The van der Waals surface area contributed by atoms with Gasteiger partial charge in [0.15, 0.2) is 5.65 Å². The first kappa shape index (κ1) is 17.9. The zero-order chi connectivity index (χ0) is 20.0. The predicted molar refractivity (Wildman–Crippen MR) is 110 cm³/mol. The van der Waals surface area contributed by atoms with Crippen molar-refractivity contribution in [2.45, 2.75) is 25.5 Å². The second-order valence-electron chi connectivity index (χ2n) is 7.32. The number of H-pyrrole nitrogens is 1. The zero-order valence-corrected chi connectivity index (χ0v) is 16.1. The van der Waals surface area contributed by atoms with Gasteiger partial charge in [-0.1, -0.05) is 0 Å². The van der Waals surface area contributed by atoms with Crippen molar-refractivity contribution in [3.05, 3.63) is 36.8 Å². The smallest absolute Gasteiger partial charge is 0.178 e. The van der Waals surface area contributed by atoms with E-state index in [4.69, 9.17) is 10.5 Å². The predicted octanol–water partition coefficient (Wildman–Crippen LogP) is 1.57. The largest absolute Gasteiger partial charge is 0.492 e. The van der Waals surface area contributed by atoms with Gasteiger partial charge in [0, 0.05) is 36.5 Å². The monoisotopic (exact) mass is 393 g/mol. The van der Waals surface area contributed by atoms with Gasteiger partial charge >= 0.3 is 0 Å². The number of pyridine rings is 2. The van der Waals surface area contributed by atoms with E-state index in [9.17, 15) is 5.11 Å². The van der Waals surface area contributed by atoms with Crippen LogP contribution in [0.4, 0.5) is 5.82 Å². The molecule has 9 heteroatoms. The Kier molecular flexibility index (Phi) is 4.33. The molecule has 1 aliphatic heterocycles. The van der Waals surface area contributed by atoms with Crippen LogP contribution in [0.25, 0.3) is 27.7 Å². The Morgan fingerprint density at radius 1 is 1.34 bits per heavy atom. The molecule has 9 nitrogen and oxygen atoms in total. The number of aliphatic hydroxyl groups excluding tert-OH is 1. The lowest BCUT2D eigenvalue weighted by Crippen LogP contribution is -2.50. The van der Waals surface area contributed by atoms with Crippen molar-refractivity contribution >= 4 is 22.4 Å². The standard InChI is InChI=1S/C20H23N7O2/c1-2-29-13-7-14(19-15-9-23-24-20(15)25-27(19)10-13)12-3-4-18(22-8-12)26-6-5-16(21)17(28)11-26/h3-4,7-10,16-17,28H,2,5-6,11,21H2,1H3,(H,24,25)/t16?,17-/m0/s1. The molecular weight excluding hydrogens is 370 g/mol. The highest BCUT2D eigenvalue weighted by molar-refractivity contribution is 6.00. The Labute approximate surface area is 167 Å². The number of β-amino-alcohol motifs (C(OH)–C–C–N with tert-alkyl or cyclic N) is 1. The van der Waals surface area contributed by atoms with Gasteiger partial charge < -0.3 is 20.5 Å². The van der Waals surface area contributed by atoms with E-state index in [-0.39, 0.29) is 6.04 Å². The molecule has 0 amide bonds. The Hall–Kier alpha value is -3.17. The molecule has 1 aliphatic rings. The van der Waals surface area contributed by atoms with E-state index in [1.54, 1.807) is 6.20 Å². The molecule has 0 spiro atoms. The Morgan fingerprint density at radius 2 is 2.24 bits per heavy atom. The molecule has 2 atom stereocenters. The van der Waals surface area contributed by atoms with Crippen LogP contribution in [0, 0.1) is 0 Å². The van der Waals surface area contributed by atoms with Gasteiger partial charge in [-0.05, 0) is 31.5 Å². The van der Waals surface area contributed by atoms with Gasteiger partial charge in [0.2, 0.25) is 0 Å². The molecule has 4 N–H and O–H groups in total. The minimum Gasteiger partial charge on any atom is -0.492 e. The molecule has 0 saturated carbocycles. The summed E-state index contributed by atoms with van der Waals surface area (Å²) in [4.78, 5) is 6.72. The SMILES string of the molecule is CCOc1cc(-c2ccc(N3CCC(N)[C@@H](O)C3)nc2)c2c3cn[nH]c3nn2c1. The number of aromatic nitrogens is 5. The fraction of sp³-hybridized carbons (Fsp3) is 0.350. The van der Waals surface area contributed by atoms with E-state index >= 15 is 0 Å². The number of hydrogen-bond donors (Lipinski definition) is 3. The van der Waals surface area contributed by atoms with Gasteiger partial charge in [0.1, 0.15) is 11.6 Å². The van der Waals surface area contributed by atoms with Crippen LogP contribution >= 0.6 is 0 Å². The van der Waals surface area contributed by atoms with Crippen molar-refractivity contribution in [2.24, 2.45) is 5.73 Å². The fourth-order valence-electron chi connectivity index (χ4n) is 3.90. The maximum absolute atomic E-state index is 10.1. The average molecular weight is 393 g/mol. The quantitative estimate of drug-likeness (QED) is 0.482. The number of nitrogens with zero attached hydrogens (tertiary/aromatic N) is 5. The molecule has 150 valence electrons. The molecule has 0 aliphatic carbocycles. The number of ether oxygens (including phenoxy) is 1. The summed E-state index contributed by atoms with van der Waals surface area (Å²) >= 11 is 0. The fourth-order valence-corrected chi connectivity index (χ4v) is 3.90. The normalized spacial score (nSPS) is 19.9. The van der Waals surface area contributed by atoms with Gasteiger partial charge in [-0.15, -0.1) is 5.10 Å². The third kappa shape index (κ3) is 3.08. The topological polar surface area (TPSA) is 118 Å². The lowest BCUT2D eigenvalue weighted by molar-refractivity contribution is 0.131. The molecule has 5 rings (SSSR count). The maximum atomic E-state index is 10.1. The highest BCUT2D eigenvalue weighted by Gasteiger charge is 2.25. The van der Waals surface area contributed by atoms with Crippen LogP contribution in [0.15, 0.2) is 36.8 Å². The van der Waals surface area contributed by atoms with Crippen LogP contribution in [0.2, 0.25) is 0 Å². The van der Waals surface area contributed by atoms with Crippen LogP contribution < -0.4 is 15.4 Å². The first-order chi connectivity index (χ1) is 14.1. The molecule has 1 fully saturated rings. The third-order valence-corrected chi connectivity index (χ3v) is 5.43. The number of anilines is 1. The molecule has 1 saturated heterocycles. The number of nitrogens with one attached hydrogen (secondary N) is 1. The van der Waals surface area contributed by atoms with Crippen molar-refractivity contribution in [2.75, 3.05) is 24.6 Å². The van der Waals surface area contributed by atoms with E-state index in [0.29, 0.717) is 13.2 Å². The number of fused-ring (bicyclic) bond motifs is 3. The Bertz CT molecular complexity index is 1150. The van der Waals surface area contributed by atoms with E-state index in [1.165, 1.54) is 0 Å². The number of aromatic amines is 1. The molecular formula is C20H23N7O2. The summed E-state index contributed by atoms with van der Waals surface area (Å²) in [5, 5.41) is 22.6. The molecule has 5 heterocycles. The molecule has 0 bridgehead atoms.